The molecule has 0 bridgehead atoms. The van der Waals surface area contributed by atoms with Crippen LogP contribution in [0.3, 0.4) is 0 Å². The number of rotatable bonds is 2. The lowest BCUT2D eigenvalue weighted by Gasteiger charge is -2.04. The van der Waals surface area contributed by atoms with E-state index < -0.39 is 0 Å². The summed E-state index contributed by atoms with van der Waals surface area (Å²) in [5.74, 6) is -0.230. The summed E-state index contributed by atoms with van der Waals surface area (Å²) in [6.45, 7) is 2.03. The number of nitrogens with zero attached hydrogens (tertiary/aromatic N) is 2. The second-order valence-corrected chi connectivity index (χ2v) is 4.44. The van der Waals surface area contributed by atoms with E-state index in [0.29, 0.717) is 5.56 Å². The van der Waals surface area contributed by atoms with Gasteiger partial charge in [0.15, 0.2) is 0 Å². The van der Waals surface area contributed by atoms with Crippen molar-refractivity contribution in [3.63, 3.8) is 0 Å². The summed E-state index contributed by atoms with van der Waals surface area (Å²) in [4.78, 5) is 0. The van der Waals surface area contributed by atoms with Gasteiger partial charge in [-0.2, -0.15) is 5.10 Å². The van der Waals surface area contributed by atoms with Gasteiger partial charge in [0.2, 0.25) is 0 Å². The molecule has 0 aliphatic heterocycles. The largest absolute Gasteiger partial charge is 0.240 e. The molecule has 3 heteroatoms. The van der Waals surface area contributed by atoms with E-state index in [9.17, 15) is 4.39 Å². The zero-order chi connectivity index (χ0) is 13.2. The first kappa shape index (κ1) is 11.7. The minimum absolute atomic E-state index is 0.230. The van der Waals surface area contributed by atoms with Crippen LogP contribution in [0.15, 0.2) is 60.9 Å². The molecule has 1 heterocycles. The maximum Gasteiger partial charge on any atom is 0.131 e. The van der Waals surface area contributed by atoms with Gasteiger partial charge in [0.25, 0.3) is 0 Å². The second kappa shape index (κ2) is 4.69. The van der Waals surface area contributed by atoms with Crippen molar-refractivity contribution in [1.29, 1.82) is 0 Å². The Morgan fingerprint density at radius 3 is 2.53 bits per heavy atom. The molecule has 0 aliphatic rings. The Bertz CT molecular complexity index is 656. The molecule has 0 N–H and O–H groups in total. The number of hydrogen-bond donors (Lipinski definition) is 0. The molecule has 0 unspecified atom stereocenters. The van der Waals surface area contributed by atoms with Gasteiger partial charge < -0.3 is 0 Å². The molecular formula is C16H13FN2. The topological polar surface area (TPSA) is 17.8 Å². The Labute approximate surface area is 111 Å². The van der Waals surface area contributed by atoms with Crippen LogP contribution in [0.1, 0.15) is 5.56 Å². The summed E-state index contributed by atoms with van der Waals surface area (Å²) in [7, 11) is 0. The fourth-order valence-electron chi connectivity index (χ4n) is 2.11. The van der Waals surface area contributed by atoms with Crippen LogP contribution < -0.4 is 0 Å². The first-order valence-corrected chi connectivity index (χ1v) is 6.11. The van der Waals surface area contributed by atoms with Crippen molar-refractivity contribution in [3.05, 3.63) is 72.3 Å². The summed E-state index contributed by atoms with van der Waals surface area (Å²) in [5, 5.41) is 4.31. The third kappa shape index (κ3) is 2.15. The third-order valence-electron chi connectivity index (χ3n) is 3.13. The molecule has 0 aliphatic carbocycles. The van der Waals surface area contributed by atoms with Crippen molar-refractivity contribution in [2.45, 2.75) is 6.92 Å². The predicted molar refractivity (Wildman–Crippen MR) is 73.7 cm³/mol. The summed E-state index contributed by atoms with van der Waals surface area (Å²) in [6, 6.07) is 14.7. The Morgan fingerprint density at radius 2 is 1.74 bits per heavy atom. The monoisotopic (exact) mass is 252 g/mol. The van der Waals surface area contributed by atoms with Crippen LogP contribution in [0.4, 0.5) is 4.39 Å². The zero-order valence-electron chi connectivity index (χ0n) is 10.5. The summed E-state index contributed by atoms with van der Waals surface area (Å²) in [6.07, 6.45) is 3.53. The molecule has 19 heavy (non-hydrogen) atoms. The first-order valence-electron chi connectivity index (χ1n) is 6.11. The van der Waals surface area contributed by atoms with Gasteiger partial charge in [0, 0.05) is 17.3 Å². The highest BCUT2D eigenvalue weighted by atomic mass is 19.1. The van der Waals surface area contributed by atoms with Crippen molar-refractivity contribution in [2.24, 2.45) is 0 Å². The molecule has 0 fully saturated rings. The maximum absolute atomic E-state index is 13.7. The van der Waals surface area contributed by atoms with Crippen molar-refractivity contribution in [1.82, 2.24) is 9.78 Å². The molecule has 0 radical (unpaired) electrons. The van der Waals surface area contributed by atoms with Gasteiger partial charge in [-0.3, -0.25) is 0 Å². The van der Waals surface area contributed by atoms with E-state index in [-0.39, 0.29) is 5.82 Å². The van der Waals surface area contributed by atoms with Crippen molar-refractivity contribution in [3.8, 4) is 16.8 Å². The molecule has 3 rings (SSSR count). The Kier molecular flexibility index (Phi) is 2.88. The average molecular weight is 252 g/mol. The molecule has 0 amide bonds. The molecule has 0 saturated heterocycles. The zero-order valence-corrected chi connectivity index (χ0v) is 10.5. The molecule has 2 nitrogen and oxygen atoms in total. The van der Waals surface area contributed by atoms with Crippen LogP contribution in [0.25, 0.3) is 16.8 Å². The second-order valence-electron chi connectivity index (χ2n) is 4.44. The Hall–Kier alpha value is -2.42. The minimum atomic E-state index is -0.230. The van der Waals surface area contributed by atoms with Crippen LogP contribution in [0.5, 0.6) is 0 Å². The fraction of sp³-hybridized carbons (Fsp3) is 0.0625. The van der Waals surface area contributed by atoms with Crippen LogP contribution in [-0.2, 0) is 0 Å². The molecule has 3 aromatic rings. The third-order valence-corrected chi connectivity index (χ3v) is 3.13. The Balaban J connectivity index is 2.06. The van der Waals surface area contributed by atoms with Gasteiger partial charge in [-0.05, 0) is 24.6 Å². The lowest BCUT2D eigenvalue weighted by atomic mass is 10.1. The number of para-hydroxylation sites is 1. The van der Waals surface area contributed by atoms with Gasteiger partial charge in [-0.15, -0.1) is 0 Å². The van der Waals surface area contributed by atoms with Gasteiger partial charge in [-0.1, -0.05) is 36.4 Å². The molecule has 0 atom stereocenters. The van der Waals surface area contributed by atoms with Crippen molar-refractivity contribution >= 4 is 0 Å². The van der Waals surface area contributed by atoms with Crippen molar-refractivity contribution < 1.29 is 4.39 Å². The highest BCUT2D eigenvalue weighted by molar-refractivity contribution is 5.63. The molecular weight excluding hydrogens is 239 g/mol. The van der Waals surface area contributed by atoms with E-state index >= 15 is 0 Å². The maximum atomic E-state index is 13.7. The molecule has 2 aromatic carbocycles. The SMILES string of the molecule is Cc1ccccc1-n1cc(-c2ccccc2F)cn1. The van der Waals surface area contributed by atoms with Crippen LogP contribution >= 0.6 is 0 Å². The van der Waals surface area contributed by atoms with Crippen molar-refractivity contribution in [2.75, 3.05) is 0 Å². The predicted octanol–water partition coefficient (Wildman–Crippen LogP) is 3.99. The Morgan fingerprint density at radius 1 is 1.00 bits per heavy atom. The molecule has 0 spiro atoms. The van der Waals surface area contributed by atoms with E-state index in [1.165, 1.54) is 6.07 Å². The highest BCUT2D eigenvalue weighted by Gasteiger charge is 2.08. The number of benzene rings is 2. The molecule has 1 aromatic heterocycles. The molecule has 94 valence electrons. The smallest absolute Gasteiger partial charge is 0.131 e. The van der Waals surface area contributed by atoms with E-state index in [2.05, 4.69) is 5.10 Å². The summed E-state index contributed by atoms with van der Waals surface area (Å²) >= 11 is 0. The standard InChI is InChI=1S/C16H13FN2/c1-12-6-2-5-9-16(12)19-11-13(10-18-19)14-7-3-4-8-15(14)17/h2-11H,1H3. The lowest BCUT2D eigenvalue weighted by Crippen LogP contribution is -1.96. The van der Waals surface area contributed by atoms with Crippen LogP contribution in [-0.4, -0.2) is 9.78 Å². The van der Waals surface area contributed by atoms with Gasteiger partial charge in [-0.25, -0.2) is 9.07 Å². The van der Waals surface area contributed by atoms with E-state index in [0.717, 1.165) is 16.8 Å². The van der Waals surface area contributed by atoms with Crippen LogP contribution in [0.2, 0.25) is 0 Å². The van der Waals surface area contributed by atoms with Gasteiger partial charge >= 0.3 is 0 Å². The molecule has 0 saturated carbocycles. The van der Waals surface area contributed by atoms with Crippen LogP contribution in [0, 0.1) is 12.7 Å². The number of hydrogen-bond acceptors (Lipinski definition) is 1. The quantitative estimate of drug-likeness (QED) is 0.674. The highest BCUT2D eigenvalue weighted by Crippen LogP contribution is 2.23. The number of aryl methyl sites for hydroxylation is 1. The van der Waals surface area contributed by atoms with Gasteiger partial charge in [0.05, 0.1) is 11.9 Å². The summed E-state index contributed by atoms with van der Waals surface area (Å²) < 4.78 is 15.5. The number of halogens is 1. The fourth-order valence-corrected chi connectivity index (χ4v) is 2.11. The lowest BCUT2D eigenvalue weighted by molar-refractivity contribution is 0.631. The van der Waals surface area contributed by atoms with E-state index in [4.69, 9.17) is 0 Å². The van der Waals surface area contributed by atoms with E-state index in [1.54, 1.807) is 23.0 Å². The number of aromatic nitrogens is 2. The first-order chi connectivity index (χ1) is 9.25. The summed E-state index contributed by atoms with van der Waals surface area (Å²) in [5.41, 5.74) is 3.49. The van der Waals surface area contributed by atoms with E-state index in [1.807, 2.05) is 43.5 Å². The average Bonchev–Trinajstić information content (AvgIpc) is 2.89. The normalized spacial score (nSPS) is 10.6. The van der Waals surface area contributed by atoms with Gasteiger partial charge in [0.1, 0.15) is 5.82 Å². The minimum Gasteiger partial charge on any atom is -0.240 e.